The molecule has 0 saturated heterocycles. The summed E-state index contributed by atoms with van der Waals surface area (Å²) in [5.74, 6) is 0. The van der Waals surface area contributed by atoms with Gasteiger partial charge in [-0.3, -0.25) is 4.68 Å². The summed E-state index contributed by atoms with van der Waals surface area (Å²) in [5.41, 5.74) is 5.04. The highest BCUT2D eigenvalue weighted by atomic mass is 15.3. The molecule has 0 fully saturated rings. The second-order valence-electron chi connectivity index (χ2n) is 5.69. The zero-order chi connectivity index (χ0) is 14.1. The van der Waals surface area contributed by atoms with Crippen molar-refractivity contribution in [3.63, 3.8) is 0 Å². The van der Waals surface area contributed by atoms with Crippen LogP contribution in [0.1, 0.15) is 23.9 Å². The van der Waals surface area contributed by atoms with Gasteiger partial charge in [0.05, 0.1) is 17.9 Å². The SMILES string of the molecule is Cc1cc(CN2CC(C)NCc3ccccc32)n(C)n1. The van der Waals surface area contributed by atoms with Crippen molar-refractivity contribution in [3.05, 3.63) is 47.3 Å². The van der Waals surface area contributed by atoms with Crippen LogP contribution < -0.4 is 10.2 Å². The number of aryl methyl sites for hydroxylation is 2. The molecule has 106 valence electrons. The highest BCUT2D eigenvalue weighted by Crippen LogP contribution is 2.25. The number of fused-ring (bicyclic) bond motifs is 1. The van der Waals surface area contributed by atoms with Crippen LogP contribution >= 0.6 is 0 Å². The standard InChI is InChI=1S/C16H22N4/c1-12-8-15(19(3)18-12)11-20-10-13(2)17-9-14-6-4-5-7-16(14)20/h4-8,13,17H,9-11H2,1-3H3. The Hall–Kier alpha value is -1.81. The Labute approximate surface area is 120 Å². The number of hydrogen-bond acceptors (Lipinski definition) is 3. The summed E-state index contributed by atoms with van der Waals surface area (Å²) in [6.45, 7) is 7.15. The fraction of sp³-hybridized carbons (Fsp3) is 0.438. The number of rotatable bonds is 2. The minimum atomic E-state index is 0.483. The third kappa shape index (κ3) is 2.56. The first-order valence-electron chi connectivity index (χ1n) is 7.19. The predicted molar refractivity (Wildman–Crippen MR) is 81.7 cm³/mol. The smallest absolute Gasteiger partial charge is 0.0599 e. The van der Waals surface area contributed by atoms with Gasteiger partial charge in [0.1, 0.15) is 0 Å². The first-order chi connectivity index (χ1) is 9.63. The van der Waals surface area contributed by atoms with E-state index >= 15 is 0 Å². The van der Waals surface area contributed by atoms with Crippen molar-refractivity contribution >= 4 is 5.69 Å². The third-order valence-corrected chi connectivity index (χ3v) is 3.92. The second-order valence-corrected chi connectivity index (χ2v) is 5.69. The van der Waals surface area contributed by atoms with Gasteiger partial charge in [-0.2, -0.15) is 5.10 Å². The fourth-order valence-electron chi connectivity index (χ4n) is 2.90. The Morgan fingerprint density at radius 2 is 2.15 bits per heavy atom. The van der Waals surface area contributed by atoms with Gasteiger partial charge in [0.15, 0.2) is 0 Å². The quantitative estimate of drug-likeness (QED) is 0.908. The zero-order valence-corrected chi connectivity index (χ0v) is 12.4. The number of para-hydroxylation sites is 1. The van der Waals surface area contributed by atoms with Crippen LogP contribution in [-0.4, -0.2) is 22.4 Å². The Morgan fingerprint density at radius 3 is 2.90 bits per heavy atom. The van der Waals surface area contributed by atoms with E-state index in [-0.39, 0.29) is 0 Å². The Kier molecular flexibility index (Phi) is 3.49. The first-order valence-corrected chi connectivity index (χ1v) is 7.19. The molecule has 1 unspecified atom stereocenters. The molecule has 1 aliphatic rings. The lowest BCUT2D eigenvalue weighted by Gasteiger charge is -2.26. The summed E-state index contributed by atoms with van der Waals surface area (Å²) in [6.07, 6.45) is 0. The molecule has 0 saturated carbocycles. The predicted octanol–water partition coefficient (Wildman–Crippen LogP) is 2.23. The van der Waals surface area contributed by atoms with Gasteiger partial charge >= 0.3 is 0 Å². The summed E-state index contributed by atoms with van der Waals surface area (Å²) in [6, 6.07) is 11.3. The van der Waals surface area contributed by atoms with Gasteiger partial charge < -0.3 is 10.2 Å². The van der Waals surface area contributed by atoms with Gasteiger partial charge in [0.2, 0.25) is 0 Å². The largest absolute Gasteiger partial charge is 0.364 e. The number of nitrogens with zero attached hydrogens (tertiary/aromatic N) is 3. The fourth-order valence-corrected chi connectivity index (χ4v) is 2.90. The van der Waals surface area contributed by atoms with Crippen LogP contribution in [0.5, 0.6) is 0 Å². The van der Waals surface area contributed by atoms with E-state index in [4.69, 9.17) is 0 Å². The Bertz CT molecular complexity index is 602. The van der Waals surface area contributed by atoms with E-state index in [2.05, 4.69) is 52.6 Å². The molecule has 0 spiro atoms. The van der Waals surface area contributed by atoms with Crippen LogP contribution in [0.15, 0.2) is 30.3 Å². The van der Waals surface area contributed by atoms with E-state index in [0.717, 1.165) is 25.3 Å². The molecule has 1 aromatic heterocycles. The summed E-state index contributed by atoms with van der Waals surface area (Å²) in [7, 11) is 2.02. The molecule has 0 amide bonds. The molecule has 2 heterocycles. The molecular formula is C16H22N4. The number of benzene rings is 1. The van der Waals surface area contributed by atoms with Crippen LogP contribution in [0.25, 0.3) is 0 Å². The van der Waals surface area contributed by atoms with Crippen molar-refractivity contribution < 1.29 is 0 Å². The van der Waals surface area contributed by atoms with E-state index in [9.17, 15) is 0 Å². The highest BCUT2D eigenvalue weighted by Gasteiger charge is 2.19. The minimum absolute atomic E-state index is 0.483. The Morgan fingerprint density at radius 1 is 1.35 bits per heavy atom. The number of aromatic nitrogens is 2. The van der Waals surface area contributed by atoms with Crippen LogP contribution in [-0.2, 0) is 20.1 Å². The lowest BCUT2D eigenvalue weighted by Crippen LogP contribution is -2.36. The number of nitrogens with one attached hydrogen (secondary N) is 1. The molecule has 0 bridgehead atoms. The van der Waals surface area contributed by atoms with Crippen LogP contribution in [0.4, 0.5) is 5.69 Å². The van der Waals surface area contributed by atoms with Crippen molar-refractivity contribution in [1.82, 2.24) is 15.1 Å². The Balaban J connectivity index is 1.92. The molecule has 1 aromatic carbocycles. The number of hydrogen-bond donors (Lipinski definition) is 1. The maximum Gasteiger partial charge on any atom is 0.0599 e. The topological polar surface area (TPSA) is 33.1 Å². The van der Waals surface area contributed by atoms with Gasteiger partial charge in [-0.05, 0) is 31.5 Å². The average molecular weight is 270 g/mol. The molecule has 1 aliphatic heterocycles. The third-order valence-electron chi connectivity index (χ3n) is 3.92. The summed E-state index contributed by atoms with van der Waals surface area (Å²) in [5, 5.41) is 8.02. The monoisotopic (exact) mass is 270 g/mol. The zero-order valence-electron chi connectivity index (χ0n) is 12.4. The molecule has 1 N–H and O–H groups in total. The lowest BCUT2D eigenvalue weighted by molar-refractivity contribution is 0.547. The highest BCUT2D eigenvalue weighted by molar-refractivity contribution is 5.54. The van der Waals surface area contributed by atoms with Crippen molar-refractivity contribution in [1.29, 1.82) is 0 Å². The second kappa shape index (κ2) is 5.29. The van der Waals surface area contributed by atoms with Crippen LogP contribution in [0.2, 0.25) is 0 Å². The molecule has 20 heavy (non-hydrogen) atoms. The molecular weight excluding hydrogens is 248 g/mol. The molecule has 4 nitrogen and oxygen atoms in total. The molecule has 1 atom stereocenters. The molecule has 3 rings (SSSR count). The maximum absolute atomic E-state index is 4.45. The summed E-state index contributed by atoms with van der Waals surface area (Å²) >= 11 is 0. The molecule has 0 radical (unpaired) electrons. The number of anilines is 1. The van der Waals surface area contributed by atoms with Gasteiger partial charge in [-0.1, -0.05) is 18.2 Å². The van der Waals surface area contributed by atoms with E-state index in [0.29, 0.717) is 6.04 Å². The van der Waals surface area contributed by atoms with Crippen molar-refractivity contribution in [3.8, 4) is 0 Å². The minimum Gasteiger partial charge on any atom is -0.364 e. The van der Waals surface area contributed by atoms with Gasteiger partial charge in [-0.15, -0.1) is 0 Å². The van der Waals surface area contributed by atoms with Crippen molar-refractivity contribution in [2.24, 2.45) is 7.05 Å². The van der Waals surface area contributed by atoms with E-state index < -0.39 is 0 Å². The molecule has 0 aliphatic carbocycles. The maximum atomic E-state index is 4.45. The van der Waals surface area contributed by atoms with Gasteiger partial charge in [-0.25, -0.2) is 0 Å². The average Bonchev–Trinajstić information content (AvgIpc) is 2.65. The first kappa shape index (κ1) is 13.2. The summed E-state index contributed by atoms with van der Waals surface area (Å²) in [4.78, 5) is 2.45. The van der Waals surface area contributed by atoms with E-state index in [1.807, 2.05) is 18.7 Å². The normalized spacial score (nSPS) is 18.8. The van der Waals surface area contributed by atoms with Gasteiger partial charge in [0.25, 0.3) is 0 Å². The van der Waals surface area contributed by atoms with Crippen molar-refractivity contribution in [2.75, 3.05) is 11.4 Å². The van der Waals surface area contributed by atoms with Gasteiger partial charge in [0, 0.05) is 31.9 Å². The van der Waals surface area contributed by atoms with Crippen molar-refractivity contribution in [2.45, 2.75) is 33.0 Å². The van der Waals surface area contributed by atoms with E-state index in [1.165, 1.54) is 16.9 Å². The van der Waals surface area contributed by atoms with E-state index in [1.54, 1.807) is 0 Å². The summed E-state index contributed by atoms with van der Waals surface area (Å²) < 4.78 is 1.99. The lowest BCUT2D eigenvalue weighted by atomic mass is 10.1. The molecule has 4 heteroatoms. The van der Waals surface area contributed by atoms with Crippen LogP contribution in [0.3, 0.4) is 0 Å². The van der Waals surface area contributed by atoms with Crippen LogP contribution in [0, 0.1) is 6.92 Å². The molecule has 2 aromatic rings.